The van der Waals surface area contributed by atoms with Crippen LogP contribution in [-0.2, 0) is 0 Å². The summed E-state index contributed by atoms with van der Waals surface area (Å²) in [5.74, 6) is 5.50. The molecular weight excluding hydrogens is 160 g/mol. The van der Waals surface area contributed by atoms with Crippen molar-refractivity contribution in [2.45, 2.75) is 19.4 Å². The van der Waals surface area contributed by atoms with Crippen molar-refractivity contribution in [3.05, 3.63) is 11.1 Å². The van der Waals surface area contributed by atoms with E-state index < -0.39 is 6.10 Å². The zero-order valence-corrected chi connectivity index (χ0v) is 6.93. The van der Waals surface area contributed by atoms with Crippen molar-refractivity contribution in [2.24, 2.45) is 0 Å². The molecule has 1 atom stereocenters. The summed E-state index contributed by atoms with van der Waals surface area (Å²) in [6.45, 7) is 1.75. The van der Waals surface area contributed by atoms with E-state index in [0.29, 0.717) is 6.42 Å². The second kappa shape index (κ2) is 4.06. The normalized spacial score (nSPS) is 11.8. The molecule has 3 nitrogen and oxygen atoms in total. The van der Waals surface area contributed by atoms with Gasteiger partial charge in [0.15, 0.2) is 0 Å². The van der Waals surface area contributed by atoms with Crippen molar-refractivity contribution < 1.29 is 5.11 Å². The summed E-state index contributed by atoms with van der Waals surface area (Å²) in [6.07, 6.45) is 1.50. The summed E-state index contributed by atoms with van der Waals surface area (Å²) < 4.78 is 3.63. The van der Waals surface area contributed by atoms with Crippen LogP contribution in [0.4, 0.5) is 0 Å². The maximum Gasteiger partial charge on any atom is 0.102 e. The van der Waals surface area contributed by atoms with Crippen molar-refractivity contribution in [1.82, 2.24) is 9.59 Å². The standard InChI is InChI=1S/C7H8N2OS/c1-2-3-4-6(10)7-5-8-9-11-7/h5-6,10H,4H2,1H3. The molecular formula is C7H8N2OS. The molecule has 1 aromatic rings. The molecule has 0 aromatic carbocycles. The molecule has 58 valence electrons. The number of aliphatic hydroxyl groups is 1. The fourth-order valence-corrected chi connectivity index (χ4v) is 1.11. The Balaban J connectivity index is 2.53. The Labute approximate surface area is 69.2 Å². The second-order valence-electron chi connectivity index (χ2n) is 1.97. The average Bonchev–Trinajstić information content (AvgIpc) is 2.52. The fourth-order valence-electron chi connectivity index (χ4n) is 0.621. The highest BCUT2D eigenvalue weighted by Gasteiger charge is 2.07. The first-order valence-electron chi connectivity index (χ1n) is 3.19. The van der Waals surface area contributed by atoms with Crippen LogP contribution in [0.5, 0.6) is 0 Å². The maximum absolute atomic E-state index is 9.37. The molecule has 1 unspecified atom stereocenters. The number of nitrogens with zero attached hydrogens (tertiary/aromatic N) is 2. The molecule has 1 N–H and O–H groups in total. The van der Waals surface area contributed by atoms with Gasteiger partial charge in [-0.15, -0.1) is 16.9 Å². The molecule has 0 amide bonds. The quantitative estimate of drug-likeness (QED) is 0.670. The van der Waals surface area contributed by atoms with Crippen LogP contribution >= 0.6 is 11.5 Å². The minimum atomic E-state index is -0.526. The van der Waals surface area contributed by atoms with Gasteiger partial charge in [-0.05, 0) is 18.5 Å². The van der Waals surface area contributed by atoms with Crippen LogP contribution in [0.2, 0.25) is 0 Å². The van der Waals surface area contributed by atoms with Gasteiger partial charge in [0.05, 0.1) is 11.1 Å². The Hall–Kier alpha value is -0.920. The van der Waals surface area contributed by atoms with Crippen molar-refractivity contribution in [1.29, 1.82) is 0 Å². The molecule has 0 radical (unpaired) electrons. The monoisotopic (exact) mass is 168 g/mol. The molecule has 0 aliphatic rings. The zero-order valence-electron chi connectivity index (χ0n) is 6.11. The number of aliphatic hydroxyl groups excluding tert-OH is 1. The van der Waals surface area contributed by atoms with E-state index in [1.165, 1.54) is 11.5 Å². The molecule has 0 spiro atoms. The van der Waals surface area contributed by atoms with Gasteiger partial charge in [-0.1, -0.05) is 4.49 Å². The van der Waals surface area contributed by atoms with Gasteiger partial charge in [-0.25, -0.2) is 0 Å². The highest BCUT2D eigenvalue weighted by atomic mass is 32.1. The van der Waals surface area contributed by atoms with Crippen LogP contribution in [0, 0.1) is 11.8 Å². The van der Waals surface area contributed by atoms with Crippen molar-refractivity contribution in [3.8, 4) is 11.8 Å². The van der Waals surface area contributed by atoms with E-state index >= 15 is 0 Å². The third kappa shape index (κ3) is 2.30. The zero-order chi connectivity index (χ0) is 8.10. The predicted octanol–water partition coefficient (Wildman–Crippen LogP) is 0.985. The van der Waals surface area contributed by atoms with Crippen LogP contribution in [0.3, 0.4) is 0 Å². The lowest BCUT2D eigenvalue weighted by atomic mass is 10.2. The van der Waals surface area contributed by atoms with E-state index in [-0.39, 0.29) is 0 Å². The summed E-state index contributed by atoms with van der Waals surface area (Å²) in [5.41, 5.74) is 0. The first-order chi connectivity index (χ1) is 5.34. The van der Waals surface area contributed by atoms with Crippen molar-refractivity contribution in [3.63, 3.8) is 0 Å². The largest absolute Gasteiger partial charge is 0.386 e. The molecule has 4 heteroatoms. The van der Waals surface area contributed by atoms with E-state index in [1.807, 2.05) is 0 Å². The molecule has 0 aliphatic carbocycles. The highest BCUT2D eigenvalue weighted by molar-refractivity contribution is 7.05. The SMILES string of the molecule is CC#CCC(O)c1cnns1. The minimum Gasteiger partial charge on any atom is -0.386 e. The number of hydrogen-bond donors (Lipinski definition) is 1. The molecule has 11 heavy (non-hydrogen) atoms. The number of rotatable bonds is 2. The molecule has 1 heterocycles. The maximum atomic E-state index is 9.37. The topological polar surface area (TPSA) is 46.0 Å². The van der Waals surface area contributed by atoms with Crippen LogP contribution in [-0.4, -0.2) is 14.7 Å². The molecule has 0 aliphatic heterocycles. The van der Waals surface area contributed by atoms with E-state index in [1.54, 1.807) is 13.1 Å². The van der Waals surface area contributed by atoms with Gasteiger partial charge >= 0.3 is 0 Å². The third-order valence-electron chi connectivity index (χ3n) is 1.18. The van der Waals surface area contributed by atoms with E-state index in [9.17, 15) is 5.11 Å². The summed E-state index contributed by atoms with van der Waals surface area (Å²) in [7, 11) is 0. The van der Waals surface area contributed by atoms with E-state index in [0.717, 1.165) is 4.88 Å². The number of hydrogen-bond acceptors (Lipinski definition) is 4. The van der Waals surface area contributed by atoms with Crippen LogP contribution in [0.25, 0.3) is 0 Å². The van der Waals surface area contributed by atoms with Gasteiger partial charge in [0, 0.05) is 6.42 Å². The Bertz CT molecular complexity index is 260. The minimum absolute atomic E-state index is 0.459. The molecule has 0 fully saturated rings. The summed E-state index contributed by atoms with van der Waals surface area (Å²) >= 11 is 1.20. The second-order valence-corrected chi connectivity index (χ2v) is 2.78. The van der Waals surface area contributed by atoms with Crippen LogP contribution in [0.1, 0.15) is 24.3 Å². The van der Waals surface area contributed by atoms with Gasteiger partial charge in [-0.3, -0.25) is 0 Å². The summed E-state index contributed by atoms with van der Waals surface area (Å²) in [4.78, 5) is 0.771. The molecule has 0 saturated carbocycles. The smallest absolute Gasteiger partial charge is 0.102 e. The van der Waals surface area contributed by atoms with Gasteiger partial charge < -0.3 is 5.11 Å². The summed E-state index contributed by atoms with van der Waals surface area (Å²) in [6, 6.07) is 0. The van der Waals surface area contributed by atoms with Crippen LogP contribution in [0.15, 0.2) is 6.20 Å². The van der Waals surface area contributed by atoms with Crippen LogP contribution < -0.4 is 0 Å². The number of aromatic nitrogens is 2. The molecule has 0 saturated heterocycles. The fraction of sp³-hybridized carbons (Fsp3) is 0.429. The van der Waals surface area contributed by atoms with E-state index in [2.05, 4.69) is 21.4 Å². The lowest BCUT2D eigenvalue weighted by molar-refractivity contribution is 0.187. The third-order valence-corrected chi connectivity index (χ3v) is 1.94. The highest BCUT2D eigenvalue weighted by Crippen LogP contribution is 2.17. The molecule has 1 aromatic heterocycles. The Morgan fingerprint density at radius 2 is 2.64 bits per heavy atom. The lowest BCUT2D eigenvalue weighted by Gasteiger charge is -1.99. The van der Waals surface area contributed by atoms with Crippen molar-refractivity contribution >= 4 is 11.5 Å². The predicted molar refractivity (Wildman–Crippen MR) is 42.9 cm³/mol. The Kier molecular flexibility index (Phi) is 3.02. The molecule has 0 bridgehead atoms. The van der Waals surface area contributed by atoms with Gasteiger partial charge in [0.25, 0.3) is 0 Å². The Morgan fingerprint density at radius 3 is 3.18 bits per heavy atom. The van der Waals surface area contributed by atoms with Gasteiger partial charge in [0.2, 0.25) is 0 Å². The lowest BCUT2D eigenvalue weighted by Crippen LogP contribution is -1.91. The Morgan fingerprint density at radius 1 is 1.82 bits per heavy atom. The van der Waals surface area contributed by atoms with Gasteiger partial charge in [0.1, 0.15) is 6.10 Å². The average molecular weight is 168 g/mol. The van der Waals surface area contributed by atoms with Gasteiger partial charge in [-0.2, -0.15) is 0 Å². The molecule has 1 rings (SSSR count). The first kappa shape index (κ1) is 8.18. The van der Waals surface area contributed by atoms with Crippen molar-refractivity contribution in [2.75, 3.05) is 0 Å². The first-order valence-corrected chi connectivity index (χ1v) is 3.97. The van der Waals surface area contributed by atoms with E-state index in [4.69, 9.17) is 0 Å². The summed E-state index contributed by atoms with van der Waals surface area (Å²) in [5, 5.41) is 13.0.